The van der Waals surface area contributed by atoms with E-state index in [-0.39, 0.29) is 0 Å². The zero-order valence-corrected chi connectivity index (χ0v) is 13.4. The molecule has 0 spiro atoms. The summed E-state index contributed by atoms with van der Waals surface area (Å²) in [5.41, 5.74) is 3.11. The van der Waals surface area contributed by atoms with Crippen molar-refractivity contribution in [3.05, 3.63) is 24.0 Å². The van der Waals surface area contributed by atoms with Crippen LogP contribution in [0.2, 0.25) is 0 Å². The molecular weight excluding hydrogens is 246 g/mol. The lowest BCUT2D eigenvalue weighted by atomic mass is 9.80. The maximum atomic E-state index is 4.30. The van der Waals surface area contributed by atoms with Crippen molar-refractivity contribution in [2.45, 2.75) is 47.1 Å². The molecule has 20 heavy (non-hydrogen) atoms. The van der Waals surface area contributed by atoms with E-state index in [0.717, 1.165) is 19.0 Å². The van der Waals surface area contributed by atoms with Gasteiger partial charge in [-0.1, -0.05) is 27.7 Å². The zero-order chi connectivity index (χ0) is 14.6. The third kappa shape index (κ3) is 3.72. The van der Waals surface area contributed by atoms with Gasteiger partial charge >= 0.3 is 0 Å². The lowest BCUT2D eigenvalue weighted by molar-refractivity contribution is 0.263. The summed E-state index contributed by atoms with van der Waals surface area (Å²) in [6.45, 7) is 13.6. The molecule has 0 radical (unpaired) electrons. The first kappa shape index (κ1) is 15.3. The number of hydrogen-bond donors (Lipinski definition) is 1. The Morgan fingerprint density at radius 3 is 2.85 bits per heavy atom. The summed E-state index contributed by atoms with van der Waals surface area (Å²) in [6, 6.07) is 2.17. The first-order valence-corrected chi connectivity index (χ1v) is 7.91. The molecule has 3 heteroatoms. The fraction of sp³-hybridized carbons (Fsp3) is 0.706. The average Bonchev–Trinajstić information content (AvgIpc) is 2.89. The third-order valence-electron chi connectivity index (χ3n) is 4.37. The molecule has 0 bridgehead atoms. The Hall–Kier alpha value is -1.09. The van der Waals surface area contributed by atoms with Crippen molar-refractivity contribution in [3.63, 3.8) is 0 Å². The van der Waals surface area contributed by atoms with Crippen LogP contribution >= 0.6 is 0 Å². The van der Waals surface area contributed by atoms with E-state index >= 15 is 0 Å². The number of nitrogens with zero attached hydrogens (tertiary/aromatic N) is 2. The minimum Gasteiger partial charge on any atom is -0.371 e. The Balaban J connectivity index is 2.06. The van der Waals surface area contributed by atoms with Crippen LogP contribution in [0.1, 0.15) is 46.1 Å². The van der Waals surface area contributed by atoms with E-state index in [1.54, 1.807) is 0 Å². The van der Waals surface area contributed by atoms with Gasteiger partial charge in [0.05, 0.1) is 0 Å². The highest BCUT2D eigenvalue weighted by Gasteiger charge is 2.32. The Morgan fingerprint density at radius 2 is 2.20 bits per heavy atom. The summed E-state index contributed by atoms with van der Waals surface area (Å²) in [4.78, 5) is 6.84. The molecule has 3 nitrogen and oxygen atoms in total. The van der Waals surface area contributed by atoms with Crippen molar-refractivity contribution in [3.8, 4) is 0 Å². The predicted molar refractivity (Wildman–Crippen MR) is 86.0 cm³/mol. The SMILES string of the molecule is CCCNCc1cnccc1N1CCC(C(C)(C)C)C1. The molecule has 0 amide bonds. The van der Waals surface area contributed by atoms with Gasteiger partial charge in [0.15, 0.2) is 0 Å². The molecule has 2 rings (SSSR count). The first-order valence-electron chi connectivity index (χ1n) is 7.91. The average molecular weight is 275 g/mol. The van der Waals surface area contributed by atoms with E-state index in [1.807, 2.05) is 12.4 Å². The minimum atomic E-state index is 0.405. The Morgan fingerprint density at radius 1 is 1.40 bits per heavy atom. The number of nitrogens with one attached hydrogen (secondary N) is 1. The number of pyridine rings is 1. The largest absolute Gasteiger partial charge is 0.371 e. The minimum absolute atomic E-state index is 0.405. The third-order valence-corrected chi connectivity index (χ3v) is 4.37. The highest BCUT2D eigenvalue weighted by molar-refractivity contribution is 5.53. The van der Waals surface area contributed by atoms with Gasteiger partial charge in [0.2, 0.25) is 0 Å². The van der Waals surface area contributed by atoms with Crippen molar-refractivity contribution < 1.29 is 0 Å². The molecule has 1 saturated heterocycles. The highest BCUT2D eigenvalue weighted by atomic mass is 15.2. The van der Waals surface area contributed by atoms with Crippen molar-refractivity contribution in [2.24, 2.45) is 11.3 Å². The highest BCUT2D eigenvalue weighted by Crippen LogP contribution is 2.36. The summed E-state index contributed by atoms with van der Waals surface area (Å²) < 4.78 is 0. The second-order valence-electron chi connectivity index (χ2n) is 6.98. The maximum Gasteiger partial charge on any atom is 0.0442 e. The molecule has 112 valence electrons. The molecule has 1 aliphatic heterocycles. The van der Waals surface area contributed by atoms with Crippen LogP contribution in [0.25, 0.3) is 0 Å². The predicted octanol–water partition coefficient (Wildman–Crippen LogP) is 3.45. The molecular formula is C17H29N3. The van der Waals surface area contributed by atoms with Gasteiger partial charge in [-0.2, -0.15) is 0 Å². The number of aromatic nitrogens is 1. The standard InChI is InChI=1S/C17H29N3/c1-5-8-18-11-14-12-19-9-6-16(14)20-10-7-15(13-20)17(2,3)4/h6,9,12,15,18H,5,7-8,10-11,13H2,1-4H3. The lowest BCUT2D eigenvalue weighted by Crippen LogP contribution is -2.27. The normalized spacial score (nSPS) is 19.6. The van der Waals surface area contributed by atoms with Crippen LogP contribution in [0.4, 0.5) is 5.69 Å². The molecule has 1 aromatic rings. The second kappa shape index (κ2) is 6.57. The molecule has 0 saturated carbocycles. The van der Waals surface area contributed by atoms with E-state index in [9.17, 15) is 0 Å². The molecule has 0 aliphatic carbocycles. The van der Waals surface area contributed by atoms with Gasteiger partial charge in [0, 0.05) is 43.3 Å². The lowest BCUT2D eigenvalue weighted by Gasteiger charge is -2.28. The summed E-state index contributed by atoms with van der Waals surface area (Å²) in [6.07, 6.45) is 6.41. The molecule has 1 fully saturated rings. The summed E-state index contributed by atoms with van der Waals surface area (Å²) in [5, 5.41) is 3.49. The van der Waals surface area contributed by atoms with Crippen molar-refractivity contribution in [1.82, 2.24) is 10.3 Å². The fourth-order valence-electron chi connectivity index (χ4n) is 2.95. The fourth-order valence-corrected chi connectivity index (χ4v) is 2.95. The maximum absolute atomic E-state index is 4.30. The number of rotatable bonds is 5. The van der Waals surface area contributed by atoms with Crippen LogP contribution in [-0.4, -0.2) is 24.6 Å². The monoisotopic (exact) mass is 275 g/mol. The van der Waals surface area contributed by atoms with Gasteiger partial charge in [-0.05, 0) is 36.8 Å². The summed E-state index contributed by atoms with van der Waals surface area (Å²) in [7, 11) is 0. The van der Waals surface area contributed by atoms with Gasteiger partial charge in [-0.25, -0.2) is 0 Å². The molecule has 1 aliphatic rings. The molecule has 0 aromatic carbocycles. The first-order chi connectivity index (χ1) is 9.52. The zero-order valence-electron chi connectivity index (χ0n) is 13.4. The number of anilines is 1. The Bertz CT molecular complexity index is 422. The van der Waals surface area contributed by atoms with Gasteiger partial charge in [-0.3, -0.25) is 4.98 Å². The van der Waals surface area contributed by atoms with Crippen LogP contribution in [0, 0.1) is 11.3 Å². The van der Waals surface area contributed by atoms with Crippen LogP contribution in [0.5, 0.6) is 0 Å². The summed E-state index contributed by atoms with van der Waals surface area (Å²) >= 11 is 0. The van der Waals surface area contributed by atoms with Crippen LogP contribution in [-0.2, 0) is 6.54 Å². The van der Waals surface area contributed by atoms with Crippen LogP contribution in [0.15, 0.2) is 18.5 Å². The van der Waals surface area contributed by atoms with Crippen LogP contribution < -0.4 is 10.2 Å². The van der Waals surface area contributed by atoms with Gasteiger partial charge in [0.1, 0.15) is 0 Å². The summed E-state index contributed by atoms with van der Waals surface area (Å²) in [5.74, 6) is 0.784. The van der Waals surface area contributed by atoms with Gasteiger partial charge < -0.3 is 10.2 Å². The molecule has 1 N–H and O–H groups in total. The van der Waals surface area contributed by atoms with Crippen LogP contribution in [0.3, 0.4) is 0 Å². The Kier molecular flexibility index (Phi) is 5.03. The van der Waals surface area contributed by atoms with E-state index in [2.05, 4.69) is 49.0 Å². The molecule has 2 heterocycles. The topological polar surface area (TPSA) is 28.2 Å². The smallest absolute Gasteiger partial charge is 0.0442 e. The van der Waals surface area contributed by atoms with E-state index < -0.39 is 0 Å². The van der Waals surface area contributed by atoms with E-state index in [4.69, 9.17) is 0 Å². The Labute approximate surface area is 123 Å². The van der Waals surface area contributed by atoms with E-state index in [1.165, 1.54) is 37.2 Å². The van der Waals surface area contributed by atoms with Crippen molar-refractivity contribution in [2.75, 3.05) is 24.5 Å². The number of hydrogen-bond acceptors (Lipinski definition) is 3. The van der Waals surface area contributed by atoms with Crippen molar-refractivity contribution >= 4 is 5.69 Å². The molecule has 1 atom stereocenters. The second-order valence-corrected chi connectivity index (χ2v) is 6.98. The quantitative estimate of drug-likeness (QED) is 0.834. The van der Waals surface area contributed by atoms with Gasteiger partial charge in [0.25, 0.3) is 0 Å². The van der Waals surface area contributed by atoms with Crippen molar-refractivity contribution in [1.29, 1.82) is 0 Å². The molecule has 1 aromatic heterocycles. The van der Waals surface area contributed by atoms with Gasteiger partial charge in [-0.15, -0.1) is 0 Å². The van der Waals surface area contributed by atoms with E-state index in [0.29, 0.717) is 5.41 Å². The molecule has 1 unspecified atom stereocenters.